The van der Waals surface area contributed by atoms with Crippen LogP contribution in [0.2, 0.25) is 0 Å². The van der Waals surface area contributed by atoms with Gasteiger partial charge in [-0.15, -0.1) is 0 Å². The summed E-state index contributed by atoms with van der Waals surface area (Å²) >= 11 is 3.65. The van der Waals surface area contributed by atoms with Crippen molar-refractivity contribution in [2.24, 2.45) is 0 Å². The van der Waals surface area contributed by atoms with Crippen molar-refractivity contribution in [3.8, 4) is 5.75 Å². The number of hydrogen-bond donors (Lipinski definition) is 1. The number of nitrogens with one attached hydrogen (secondary N) is 1. The molecule has 0 saturated carbocycles. The molecule has 3 aromatic rings. The fourth-order valence-corrected chi connectivity index (χ4v) is 5.74. The predicted octanol–water partition coefficient (Wildman–Crippen LogP) is 6.06. The number of fused-ring (bicyclic) bond motifs is 1. The van der Waals surface area contributed by atoms with Crippen LogP contribution in [0.15, 0.2) is 46.9 Å². The number of anilines is 1. The molecule has 0 radical (unpaired) electrons. The van der Waals surface area contributed by atoms with E-state index in [1.54, 1.807) is 11.0 Å². The third kappa shape index (κ3) is 5.96. The van der Waals surface area contributed by atoms with E-state index in [4.69, 9.17) is 9.47 Å². The van der Waals surface area contributed by atoms with E-state index in [1.807, 2.05) is 43.9 Å². The minimum Gasteiger partial charge on any atom is -0.494 e. The molecular formula is C30H34BrFN4O4. The number of aromatic amines is 1. The van der Waals surface area contributed by atoms with Crippen LogP contribution in [0, 0.1) is 5.82 Å². The fraction of sp³-hybridized carbons (Fsp3) is 0.400. The average Bonchev–Trinajstić information content (AvgIpc) is 3.37. The number of benzene rings is 2. The number of amides is 2. The van der Waals surface area contributed by atoms with E-state index in [2.05, 4.69) is 31.9 Å². The highest BCUT2D eigenvalue weighted by atomic mass is 79.9. The third-order valence-corrected chi connectivity index (χ3v) is 7.75. The second kappa shape index (κ2) is 11.2. The Morgan fingerprint density at radius 2 is 1.75 bits per heavy atom. The van der Waals surface area contributed by atoms with Gasteiger partial charge in [-0.25, -0.2) is 9.18 Å². The number of piperazine rings is 1. The lowest BCUT2D eigenvalue weighted by molar-refractivity contribution is 0.0273. The summed E-state index contributed by atoms with van der Waals surface area (Å²) in [7, 11) is 1.53. The largest absolute Gasteiger partial charge is 0.494 e. The molecule has 0 spiro atoms. The highest BCUT2D eigenvalue weighted by Crippen LogP contribution is 2.32. The summed E-state index contributed by atoms with van der Waals surface area (Å²) in [5.74, 6) is 0.104. The molecule has 1 fully saturated rings. The zero-order valence-electron chi connectivity index (χ0n) is 23.2. The van der Waals surface area contributed by atoms with Crippen LogP contribution in [0.25, 0.3) is 16.5 Å². The molecule has 2 aliphatic heterocycles. The number of halogens is 2. The first-order valence-corrected chi connectivity index (χ1v) is 14.2. The lowest BCUT2D eigenvalue weighted by Gasteiger charge is -2.36. The van der Waals surface area contributed by atoms with Crippen LogP contribution >= 0.6 is 15.9 Å². The maximum atomic E-state index is 13.6. The van der Waals surface area contributed by atoms with E-state index in [-0.39, 0.29) is 17.8 Å². The van der Waals surface area contributed by atoms with E-state index >= 15 is 0 Å². The van der Waals surface area contributed by atoms with Crippen LogP contribution in [0.1, 0.15) is 43.2 Å². The summed E-state index contributed by atoms with van der Waals surface area (Å²) < 4.78 is 25.4. The van der Waals surface area contributed by atoms with Crippen LogP contribution in [0.4, 0.5) is 14.9 Å². The number of H-pyrrole nitrogens is 1. The first-order valence-electron chi connectivity index (χ1n) is 13.4. The second-order valence-corrected chi connectivity index (χ2v) is 12.0. The summed E-state index contributed by atoms with van der Waals surface area (Å²) in [6, 6.07) is 10.3. The summed E-state index contributed by atoms with van der Waals surface area (Å²) in [5, 5.41) is 0.915. The number of ether oxygens (including phenoxy) is 2. The van der Waals surface area contributed by atoms with Crippen LogP contribution < -0.4 is 9.64 Å². The molecule has 0 atom stereocenters. The Labute approximate surface area is 241 Å². The molecule has 10 heteroatoms. The van der Waals surface area contributed by atoms with Gasteiger partial charge in [0.2, 0.25) is 0 Å². The van der Waals surface area contributed by atoms with Crippen molar-refractivity contribution in [1.82, 2.24) is 14.8 Å². The number of carbonyl (C=O) groups is 2. The lowest BCUT2D eigenvalue weighted by atomic mass is 10.1. The molecule has 5 rings (SSSR count). The SMILES string of the molecule is COc1cc(F)ccc1N1CCN(C(=O)c2cc(Br)c3[nH]c(C4=CCCN(C(=O)OC(C)(C)C)C4)cc3c2)CC1. The van der Waals surface area contributed by atoms with Gasteiger partial charge in [-0.1, -0.05) is 6.08 Å². The van der Waals surface area contributed by atoms with Crippen molar-refractivity contribution in [2.45, 2.75) is 32.8 Å². The normalized spacial score (nSPS) is 16.2. The predicted molar refractivity (Wildman–Crippen MR) is 157 cm³/mol. The Bertz CT molecular complexity index is 1470. The van der Waals surface area contributed by atoms with Crippen molar-refractivity contribution in [2.75, 3.05) is 51.3 Å². The van der Waals surface area contributed by atoms with Crippen LogP contribution in [0.3, 0.4) is 0 Å². The molecule has 2 aliphatic rings. The highest BCUT2D eigenvalue weighted by Gasteiger charge is 2.27. The van der Waals surface area contributed by atoms with Gasteiger partial charge in [0.15, 0.2) is 0 Å². The number of methoxy groups -OCH3 is 1. The number of aromatic nitrogens is 1. The van der Waals surface area contributed by atoms with E-state index in [0.29, 0.717) is 50.6 Å². The number of rotatable bonds is 4. The summed E-state index contributed by atoms with van der Waals surface area (Å²) in [4.78, 5) is 35.2. The molecule has 1 N–H and O–H groups in total. The van der Waals surface area contributed by atoms with Gasteiger partial charge in [0.25, 0.3) is 5.91 Å². The molecule has 1 aromatic heterocycles. The molecule has 212 valence electrons. The smallest absolute Gasteiger partial charge is 0.410 e. The molecule has 3 heterocycles. The van der Waals surface area contributed by atoms with Crippen LogP contribution in [0.5, 0.6) is 5.75 Å². The Morgan fingerprint density at radius 1 is 1.00 bits per heavy atom. The quantitative estimate of drug-likeness (QED) is 0.387. The molecule has 0 unspecified atom stereocenters. The van der Waals surface area contributed by atoms with E-state index in [0.717, 1.165) is 38.8 Å². The molecule has 0 bridgehead atoms. The zero-order valence-corrected chi connectivity index (χ0v) is 24.8. The average molecular weight is 614 g/mol. The minimum atomic E-state index is -0.548. The van der Waals surface area contributed by atoms with Crippen LogP contribution in [-0.2, 0) is 4.74 Å². The van der Waals surface area contributed by atoms with Crippen molar-refractivity contribution in [3.05, 3.63) is 64.0 Å². The number of nitrogens with zero attached hydrogens (tertiary/aromatic N) is 3. The Kier molecular flexibility index (Phi) is 7.81. The molecule has 1 saturated heterocycles. The van der Waals surface area contributed by atoms with Crippen molar-refractivity contribution < 1.29 is 23.5 Å². The van der Waals surface area contributed by atoms with Gasteiger partial charge >= 0.3 is 6.09 Å². The minimum absolute atomic E-state index is 0.0379. The first kappa shape index (κ1) is 28.0. The molecule has 0 aliphatic carbocycles. The lowest BCUT2D eigenvalue weighted by Crippen LogP contribution is -2.48. The first-order chi connectivity index (χ1) is 19.0. The van der Waals surface area contributed by atoms with Crippen molar-refractivity contribution in [3.63, 3.8) is 0 Å². The third-order valence-electron chi connectivity index (χ3n) is 7.13. The fourth-order valence-electron chi connectivity index (χ4n) is 5.16. The van der Waals surface area contributed by atoms with Gasteiger partial charge in [0.1, 0.15) is 17.2 Å². The molecule has 40 heavy (non-hydrogen) atoms. The van der Waals surface area contributed by atoms with Gasteiger partial charge in [0, 0.05) is 59.9 Å². The second-order valence-electron chi connectivity index (χ2n) is 11.1. The molecule has 2 aromatic carbocycles. The van der Waals surface area contributed by atoms with Gasteiger partial charge in [-0.3, -0.25) is 4.79 Å². The topological polar surface area (TPSA) is 78.1 Å². The van der Waals surface area contributed by atoms with Gasteiger partial charge in [-0.2, -0.15) is 0 Å². The summed E-state index contributed by atoms with van der Waals surface area (Å²) in [6.07, 6.45) is 2.56. The molecule has 2 amide bonds. The van der Waals surface area contributed by atoms with Crippen LogP contribution in [-0.4, -0.2) is 78.8 Å². The zero-order chi connectivity index (χ0) is 28.6. The maximum Gasteiger partial charge on any atom is 0.410 e. The van der Waals surface area contributed by atoms with Crippen molar-refractivity contribution >= 4 is 50.1 Å². The highest BCUT2D eigenvalue weighted by molar-refractivity contribution is 9.10. The Hall–Kier alpha value is -3.53. The molecular weight excluding hydrogens is 579 g/mol. The number of hydrogen-bond acceptors (Lipinski definition) is 5. The summed E-state index contributed by atoms with van der Waals surface area (Å²) in [6.45, 7) is 8.98. The van der Waals surface area contributed by atoms with E-state index < -0.39 is 5.60 Å². The summed E-state index contributed by atoms with van der Waals surface area (Å²) in [5.41, 5.74) is 3.70. The van der Waals surface area contributed by atoms with Gasteiger partial charge < -0.3 is 29.2 Å². The van der Waals surface area contributed by atoms with Crippen molar-refractivity contribution in [1.29, 1.82) is 0 Å². The number of carbonyl (C=O) groups excluding carboxylic acids is 2. The van der Waals surface area contributed by atoms with Gasteiger partial charge in [0.05, 0.1) is 24.9 Å². The van der Waals surface area contributed by atoms with E-state index in [9.17, 15) is 14.0 Å². The Balaban J connectivity index is 1.29. The van der Waals surface area contributed by atoms with E-state index in [1.165, 1.54) is 19.2 Å². The van der Waals surface area contributed by atoms with Gasteiger partial charge in [-0.05, 0) is 79.0 Å². The standard InChI is InChI=1S/C30H34BrFN4O4/c1-30(2,3)40-29(38)36-9-5-6-19(18-36)24-16-20-14-21(15-23(31)27(20)33-24)28(37)35-12-10-34(11-13-35)25-8-7-22(32)17-26(25)39-4/h6-8,14-17,33H,5,9-13,18H2,1-4H3. The monoisotopic (exact) mass is 612 g/mol. The maximum absolute atomic E-state index is 13.6. The molecule has 8 nitrogen and oxygen atoms in total. The Morgan fingerprint density at radius 3 is 2.45 bits per heavy atom.